The lowest BCUT2D eigenvalue weighted by Crippen LogP contribution is -2.26. The Hall–Kier alpha value is -2.06. The molecule has 0 heterocycles. The molecule has 0 saturated carbocycles. The number of rotatable bonds is 6. The minimum Gasteiger partial charge on any atom is -0.496 e. The van der Waals surface area contributed by atoms with Gasteiger partial charge in [-0.05, 0) is 43.2 Å². The van der Waals surface area contributed by atoms with E-state index in [9.17, 15) is 21.6 Å². The van der Waals surface area contributed by atoms with Crippen molar-refractivity contribution in [3.05, 3.63) is 59.2 Å². The van der Waals surface area contributed by atoms with E-state index >= 15 is 0 Å². The molecule has 0 atom stereocenters. The van der Waals surface area contributed by atoms with E-state index in [0.717, 1.165) is 29.3 Å². The van der Waals surface area contributed by atoms with Crippen molar-refractivity contribution in [3.8, 4) is 5.75 Å². The molecule has 2 rings (SSSR count). The number of sulfonamides is 1. The van der Waals surface area contributed by atoms with Gasteiger partial charge in [-0.2, -0.15) is 13.2 Å². The van der Waals surface area contributed by atoms with Gasteiger partial charge in [0, 0.05) is 6.54 Å². The molecule has 0 aromatic heterocycles. The first-order chi connectivity index (χ1) is 11.6. The first kappa shape index (κ1) is 19.3. The highest BCUT2D eigenvalue weighted by Crippen LogP contribution is 2.30. The van der Waals surface area contributed by atoms with E-state index in [0.29, 0.717) is 18.2 Å². The SMILES string of the molecule is COc1ccc(C)cc1CCNS(=O)(=O)c1cccc(C(F)(F)F)c1. The molecular formula is C17H18F3NO3S. The summed E-state index contributed by atoms with van der Waals surface area (Å²) < 4.78 is 70.1. The predicted molar refractivity (Wildman–Crippen MR) is 88.1 cm³/mol. The van der Waals surface area contributed by atoms with Crippen LogP contribution in [0.1, 0.15) is 16.7 Å². The van der Waals surface area contributed by atoms with Gasteiger partial charge in [-0.1, -0.05) is 23.8 Å². The van der Waals surface area contributed by atoms with E-state index in [1.54, 1.807) is 6.07 Å². The lowest BCUT2D eigenvalue weighted by atomic mass is 10.1. The second kappa shape index (κ2) is 7.45. The molecule has 0 amide bonds. The highest BCUT2D eigenvalue weighted by atomic mass is 32.2. The van der Waals surface area contributed by atoms with Crippen molar-refractivity contribution >= 4 is 10.0 Å². The Morgan fingerprint density at radius 3 is 2.48 bits per heavy atom. The van der Waals surface area contributed by atoms with Gasteiger partial charge in [-0.15, -0.1) is 0 Å². The van der Waals surface area contributed by atoms with Crippen molar-refractivity contribution in [1.82, 2.24) is 4.72 Å². The van der Waals surface area contributed by atoms with Crippen molar-refractivity contribution in [3.63, 3.8) is 0 Å². The van der Waals surface area contributed by atoms with Crippen molar-refractivity contribution in [1.29, 1.82) is 0 Å². The summed E-state index contributed by atoms with van der Waals surface area (Å²) in [5, 5.41) is 0. The fourth-order valence-corrected chi connectivity index (χ4v) is 3.42. The number of halogens is 3. The van der Waals surface area contributed by atoms with Crippen LogP contribution < -0.4 is 9.46 Å². The molecule has 0 saturated heterocycles. The molecule has 25 heavy (non-hydrogen) atoms. The molecule has 0 aliphatic carbocycles. The fourth-order valence-electron chi connectivity index (χ4n) is 2.35. The predicted octanol–water partition coefficient (Wildman–Crippen LogP) is 3.54. The maximum absolute atomic E-state index is 12.7. The van der Waals surface area contributed by atoms with E-state index in [4.69, 9.17) is 4.74 Å². The molecular weight excluding hydrogens is 355 g/mol. The molecule has 0 radical (unpaired) electrons. The fraction of sp³-hybridized carbons (Fsp3) is 0.294. The zero-order valence-electron chi connectivity index (χ0n) is 13.7. The smallest absolute Gasteiger partial charge is 0.416 e. The number of hydrogen-bond donors (Lipinski definition) is 1. The summed E-state index contributed by atoms with van der Waals surface area (Å²) in [5.74, 6) is 0.629. The minimum absolute atomic E-state index is 0.0401. The molecule has 4 nitrogen and oxygen atoms in total. The van der Waals surface area contributed by atoms with Crippen LogP contribution >= 0.6 is 0 Å². The van der Waals surface area contributed by atoms with Crippen molar-refractivity contribution in [2.75, 3.05) is 13.7 Å². The van der Waals surface area contributed by atoms with Crippen LogP contribution in [-0.2, 0) is 22.6 Å². The molecule has 2 aromatic rings. The second-order valence-electron chi connectivity index (χ2n) is 5.49. The summed E-state index contributed by atoms with van der Waals surface area (Å²) >= 11 is 0. The molecule has 1 N–H and O–H groups in total. The van der Waals surface area contributed by atoms with Gasteiger partial charge in [0.05, 0.1) is 17.6 Å². The van der Waals surface area contributed by atoms with Crippen LogP contribution in [-0.4, -0.2) is 22.1 Å². The van der Waals surface area contributed by atoms with Gasteiger partial charge in [-0.3, -0.25) is 0 Å². The molecule has 0 fully saturated rings. The number of ether oxygens (including phenoxy) is 1. The third-order valence-electron chi connectivity index (χ3n) is 3.59. The van der Waals surface area contributed by atoms with Gasteiger partial charge >= 0.3 is 6.18 Å². The first-order valence-corrected chi connectivity index (χ1v) is 8.92. The number of methoxy groups -OCH3 is 1. The molecule has 8 heteroatoms. The first-order valence-electron chi connectivity index (χ1n) is 7.44. The number of alkyl halides is 3. The lowest BCUT2D eigenvalue weighted by Gasteiger charge is -2.12. The van der Waals surface area contributed by atoms with E-state index < -0.39 is 26.7 Å². The summed E-state index contributed by atoms with van der Waals surface area (Å²) in [6.45, 7) is 1.94. The number of nitrogens with one attached hydrogen (secondary N) is 1. The molecule has 2 aromatic carbocycles. The Balaban J connectivity index is 2.12. The molecule has 0 bridgehead atoms. The lowest BCUT2D eigenvalue weighted by molar-refractivity contribution is -0.137. The van der Waals surface area contributed by atoms with Crippen LogP contribution in [0.3, 0.4) is 0 Å². The van der Waals surface area contributed by atoms with Crippen molar-refractivity contribution < 1.29 is 26.3 Å². The average molecular weight is 373 g/mol. The van der Waals surface area contributed by atoms with E-state index in [1.807, 2.05) is 19.1 Å². The minimum atomic E-state index is -4.60. The summed E-state index contributed by atoms with van der Waals surface area (Å²) in [5.41, 5.74) is 0.807. The molecule has 0 aliphatic rings. The number of aryl methyl sites for hydroxylation is 1. The summed E-state index contributed by atoms with van der Waals surface area (Å²) in [4.78, 5) is -0.418. The quantitative estimate of drug-likeness (QED) is 0.843. The van der Waals surface area contributed by atoms with Crippen LogP contribution in [0.15, 0.2) is 47.4 Å². The van der Waals surface area contributed by atoms with Gasteiger partial charge in [0.25, 0.3) is 0 Å². The van der Waals surface area contributed by atoms with Crippen molar-refractivity contribution in [2.45, 2.75) is 24.4 Å². The van der Waals surface area contributed by atoms with Crippen LogP contribution in [0, 0.1) is 6.92 Å². The Morgan fingerprint density at radius 2 is 1.84 bits per heavy atom. The highest BCUT2D eigenvalue weighted by Gasteiger charge is 2.31. The van der Waals surface area contributed by atoms with E-state index in [2.05, 4.69) is 4.72 Å². The van der Waals surface area contributed by atoms with Gasteiger partial charge in [0.1, 0.15) is 5.75 Å². The normalized spacial score (nSPS) is 12.2. The van der Waals surface area contributed by atoms with Gasteiger partial charge in [0.15, 0.2) is 0 Å². The standard InChI is InChI=1S/C17H18F3NO3S/c1-12-6-7-16(24-2)13(10-12)8-9-21-25(22,23)15-5-3-4-14(11-15)17(18,19)20/h3-7,10-11,21H,8-9H2,1-2H3. The Labute approximate surface area is 144 Å². The van der Waals surface area contributed by atoms with Crippen LogP contribution in [0.2, 0.25) is 0 Å². The Bertz CT molecular complexity index is 848. The number of benzene rings is 2. The highest BCUT2D eigenvalue weighted by molar-refractivity contribution is 7.89. The van der Waals surface area contributed by atoms with Crippen molar-refractivity contribution in [2.24, 2.45) is 0 Å². The van der Waals surface area contributed by atoms with E-state index in [1.165, 1.54) is 7.11 Å². The maximum Gasteiger partial charge on any atom is 0.416 e. The topological polar surface area (TPSA) is 55.4 Å². The molecule has 0 unspecified atom stereocenters. The second-order valence-corrected chi connectivity index (χ2v) is 7.26. The van der Waals surface area contributed by atoms with Gasteiger partial charge in [0.2, 0.25) is 10.0 Å². The third-order valence-corrected chi connectivity index (χ3v) is 5.05. The number of hydrogen-bond acceptors (Lipinski definition) is 3. The summed E-state index contributed by atoms with van der Waals surface area (Å²) in [7, 11) is -2.52. The monoisotopic (exact) mass is 373 g/mol. The largest absolute Gasteiger partial charge is 0.496 e. The average Bonchev–Trinajstić information content (AvgIpc) is 2.54. The zero-order valence-corrected chi connectivity index (χ0v) is 14.5. The van der Waals surface area contributed by atoms with E-state index in [-0.39, 0.29) is 6.54 Å². The maximum atomic E-state index is 12.7. The van der Waals surface area contributed by atoms with Crippen LogP contribution in [0.5, 0.6) is 5.75 Å². The van der Waals surface area contributed by atoms with Crippen LogP contribution in [0.4, 0.5) is 13.2 Å². The molecule has 0 aliphatic heterocycles. The Morgan fingerprint density at radius 1 is 1.12 bits per heavy atom. The third kappa shape index (κ3) is 4.96. The van der Waals surface area contributed by atoms with Crippen LogP contribution in [0.25, 0.3) is 0 Å². The summed E-state index contributed by atoms with van der Waals surface area (Å²) in [6, 6.07) is 9.18. The zero-order chi connectivity index (χ0) is 18.7. The molecule has 136 valence electrons. The Kier molecular flexibility index (Phi) is 5.74. The molecule has 0 spiro atoms. The van der Waals surface area contributed by atoms with Gasteiger partial charge in [-0.25, -0.2) is 13.1 Å². The van der Waals surface area contributed by atoms with Gasteiger partial charge < -0.3 is 4.74 Å². The summed E-state index contributed by atoms with van der Waals surface area (Å²) in [6.07, 6.45) is -4.25.